The van der Waals surface area contributed by atoms with Crippen LogP contribution in [0.3, 0.4) is 0 Å². The van der Waals surface area contributed by atoms with Crippen LogP contribution in [-0.2, 0) is 0 Å². The highest BCUT2D eigenvalue weighted by molar-refractivity contribution is 5.94. The first-order valence-corrected chi connectivity index (χ1v) is 8.27. The van der Waals surface area contributed by atoms with Crippen LogP contribution in [0.2, 0.25) is 0 Å². The Hall–Kier alpha value is -2.14. The van der Waals surface area contributed by atoms with E-state index in [1.807, 2.05) is 35.4 Å². The molecule has 0 atom stereocenters. The van der Waals surface area contributed by atoms with Gasteiger partial charge in [0.25, 0.3) is 5.91 Å². The Morgan fingerprint density at radius 3 is 2.43 bits per heavy atom. The van der Waals surface area contributed by atoms with E-state index in [1.165, 1.54) is 0 Å². The molecule has 1 saturated heterocycles. The molecule has 0 bridgehead atoms. The molecular weight excluding hydrogens is 290 g/mol. The molecule has 2 fully saturated rings. The Kier molecular flexibility index (Phi) is 3.45. The largest absolute Gasteiger partial charge is 0.390 e. The Labute approximate surface area is 135 Å². The second-order valence-electron chi connectivity index (χ2n) is 6.73. The lowest BCUT2D eigenvalue weighted by atomic mass is 9.89. The molecule has 1 aromatic heterocycles. The summed E-state index contributed by atoms with van der Waals surface area (Å²) in [4.78, 5) is 14.5. The first kappa shape index (κ1) is 14.5. The number of piperidine rings is 1. The summed E-state index contributed by atoms with van der Waals surface area (Å²) < 4.78 is 0. The molecule has 2 N–H and O–H groups in total. The molecular formula is C18H21N3O2. The van der Waals surface area contributed by atoms with E-state index in [1.54, 1.807) is 6.20 Å². The topological polar surface area (TPSA) is 69.2 Å². The van der Waals surface area contributed by atoms with Crippen LogP contribution < -0.4 is 0 Å². The summed E-state index contributed by atoms with van der Waals surface area (Å²) >= 11 is 0. The summed E-state index contributed by atoms with van der Waals surface area (Å²) in [7, 11) is 0. The number of benzene rings is 1. The maximum Gasteiger partial charge on any atom is 0.253 e. The summed E-state index contributed by atoms with van der Waals surface area (Å²) in [5.74, 6) is 0.458. The van der Waals surface area contributed by atoms with Gasteiger partial charge in [-0.2, -0.15) is 5.10 Å². The highest BCUT2D eigenvalue weighted by atomic mass is 16.3. The number of nitrogens with zero attached hydrogens (tertiary/aromatic N) is 2. The SMILES string of the molecule is O=C(c1ccc(-c2cn[nH]c2)cc1)N1CCC(C2(O)CC2)CC1. The predicted octanol–water partition coefficient (Wildman–Crippen LogP) is 2.45. The van der Waals surface area contributed by atoms with Gasteiger partial charge in [0.2, 0.25) is 0 Å². The van der Waals surface area contributed by atoms with Gasteiger partial charge in [-0.1, -0.05) is 12.1 Å². The monoisotopic (exact) mass is 311 g/mol. The molecule has 2 aliphatic rings. The minimum absolute atomic E-state index is 0.0879. The number of aromatic nitrogens is 2. The van der Waals surface area contributed by atoms with Gasteiger partial charge in [-0.3, -0.25) is 9.89 Å². The molecule has 1 saturated carbocycles. The molecule has 0 unspecified atom stereocenters. The van der Waals surface area contributed by atoms with Crippen molar-refractivity contribution in [3.8, 4) is 11.1 Å². The second-order valence-corrected chi connectivity index (χ2v) is 6.73. The van der Waals surface area contributed by atoms with Gasteiger partial charge in [0.1, 0.15) is 0 Å². The van der Waals surface area contributed by atoms with Gasteiger partial charge in [0.15, 0.2) is 0 Å². The molecule has 2 aromatic rings. The number of hydrogen-bond acceptors (Lipinski definition) is 3. The van der Waals surface area contributed by atoms with Gasteiger partial charge in [-0.25, -0.2) is 0 Å². The molecule has 5 nitrogen and oxygen atoms in total. The van der Waals surface area contributed by atoms with Gasteiger partial charge in [0.05, 0.1) is 11.8 Å². The van der Waals surface area contributed by atoms with Crippen molar-refractivity contribution in [2.75, 3.05) is 13.1 Å². The van der Waals surface area contributed by atoms with Crippen LogP contribution in [-0.4, -0.2) is 44.8 Å². The van der Waals surface area contributed by atoms with Crippen LogP contribution >= 0.6 is 0 Å². The Morgan fingerprint density at radius 1 is 1.17 bits per heavy atom. The van der Waals surface area contributed by atoms with Crippen LogP contribution in [0.15, 0.2) is 36.7 Å². The maximum absolute atomic E-state index is 12.6. The van der Waals surface area contributed by atoms with Crippen LogP contribution in [0.1, 0.15) is 36.0 Å². The van der Waals surface area contributed by atoms with Gasteiger partial charge in [0, 0.05) is 30.4 Å². The number of carbonyl (C=O) groups is 1. The van der Waals surface area contributed by atoms with E-state index in [4.69, 9.17) is 0 Å². The number of carbonyl (C=O) groups excluding carboxylic acids is 1. The summed E-state index contributed by atoms with van der Waals surface area (Å²) in [6, 6.07) is 7.67. The number of nitrogens with one attached hydrogen (secondary N) is 1. The van der Waals surface area contributed by atoms with Gasteiger partial charge in [-0.05, 0) is 49.3 Å². The predicted molar refractivity (Wildman–Crippen MR) is 86.8 cm³/mol. The van der Waals surface area contributed by atoms with E-state index < -0.39 is 5.60 Å². The summed E-state index contributed by atoms with van der Waals surface area (Å²) in [5, 5.41) is 16.9. The minimum atomic E-state index is -0.415. The number of hydrogen-bond donors (Lipinski definition) is 2. The first-order chi connectivity index (χ1) is 11.2. The zero-order valence-corrected chi connectivity index (χ0v) is 13.0. The fraction of sp³-hybridized carbons (Fsp3) is 0.444. The molecule has 23 heavy (non-hydrogen) atoms. The van der Waals surface area contributed by atoms with Crippen molar-refractivity contribution >= 4 is 5.91 Å². The van der Waals surface area contributed by atoms with Crippen molar-refractivity contribution in [1.29, 1.82) is 0 Å². The summed E-state index contributed by atoms with van der Waals surface area (Å²) in [5.41, 5.74) is 2.37. The molecule has 1 aliphatic carbocycles. The molecule has 1 aromatic carbocycles. The normalized spacial score (nSPS) is 20.5. The molecule has 1 amide bonds. The zero-order chi connectivity index (χ0) is 15.9. The Bertz CT molecular complexity index is 682. The van der Waals surface area contributed by atoms with Crippen LogP contribution in [0.25, 0.3) is 11.1 Å². The maximum atomic E-state index is 12.6. The average molecular weight is 311 g/mol. The highest BCUT2D eigenvalue weighted by Gasteiger charge is 2.48. The lowest BCUT2D eigenvalue weighted by Gasteiger charge is -2.34. The molecule has 0 radical (unpaired) electrons. The fourth-order valence-electron chi connectivity index (χ4n) is 3.55. The standard InChI is InChI=1S/C18H21N3O2/c22-17(21-9-5-16(6-10-21)18(23)7-8-18)14-3-1-13(2-4-14)15-11-19-20-12-15/h1-4,11-12,16,23H,5-10H2,(H,19,20). The number of likely N-dealkylation sites (tertiary alicyclic amines) is 1. The molecule has 4 rings (SSSR count). The molecule has 2 heterocycles. The molecule has 120 valence electrons. The van der Waals surface area contributed by atoms with Gasteiger partial charge < -0.3 is 10.0 Å². The van der Waals surface area contributed by atoms with Gasteiger partial charge >= 0.3 is 0 Å². The average Bonchev–Trinajstić information content (AvgIpc) is 3.13. The fourth-order valence-corrected chi connectivity index (χ4v) is 3.55. The molecule has 1 aliphatic heterocycles. The van der Waals surface area contributed by atoms with Crippen molar-refractivity contribution in [2.45, 2.75) is 31.3 Å². The number of H-pyrrole nitrogens is 1. The number of rotatable bonds is 3. The third-order valence-electron chi connectivity index (χ3n) is 5.27. The third-order valence-corrected chi connectivity index (χ3v) is 5.27. The van der Waals surface area contributed by atoms with E-state index >= 15 is 0 Å². The Balaban J connectivity index is 1.41. The number of amides is 1. The minimum Gasteiger partial charge on any atom is -0.390 e. The van der Waals surface area contributed by atoms with E-state index in [0.717, 1.165) is 55.5 Å². The quantitative estimate of drug-likeness (QED) is 0.915. The summed E-state index contributed by atoms with van der Waals surface area (Å²) in [6.07, 6.45) is 7.29. The van der Waals surface area contributed by atoms with Crippen LogP contribution in [0, 0.1) is 5.92 Å². The first-order valence-electron chi connectivity index (χ1n) is 8.27. The number of aliphatic hydroxyl groups is 1. The van der Waals surface area contributed by atoms with Crippen LogP contribution in [0.4, 0.5) is 0 Å². The second kappa shape index (κ2) is 5.49. The van der Waals surface area contributed by atoms with E-state index in [0.29, 0.717) is 5.92 Å². The summed E-state index contributed by atoms with van der Waals surface area (Å²) in [6.45, 7) is 1.49. The lowest BCUT2D eigenvalue weighted by Crippen LogP contribution is -2.41. The van der Waals surface area contributed by atoms with Crippen molar-refractivity contribution in [3.05, 3.63) is 42.2 Å². The highest BCUT2D eigenvalue weighted by Crippen LogP contribution is 2.46. The molecule has 5 heteroatoms. The lowest BCUT2D eigenvalue weighted by molar-refractivity contribution is 0.0340. The van der Waals surface area contributed by atoms with Crippen molar-refractivity contribution in [2.24, 2.45) is 5.92 Å². The Morgan fingerprint density at radius 2 is 1.87 bits per heavy atom. The van der Waals surface area contributed by atoms with Crippen molar-refractivity contribution < 1.29 is 9.90 Å². The van der Waals surface area contributed by atoms with Crippen LogP contribution in [0.5, 0.6) is 0 Å². The van der Waals surface area contributed by atoms with E-state index in [9.17, 15) is 9.90 Å². The molecule has 0 spiro atoms. The van der Waals surface area contributed by atoms with Gasteiger partial charge in [-0.15, -0.1) is 0 Å². The third kappa shape index (κ3) is 2.77. The zero-order valence-electron chi connectivity index (χ0n) is 13.0. The van der Waals surface area contributed by atoms with E-state index in [-0.39, 0.29) is 5.91 Å². The van der Waals surface area contributed by atoms with Crippen molar-refractivity contribution in [3.63, 3.8) is 0 Å². The smallest absolute Gasteiger partial charge is 0.253 e. The number of aromatic amines is 1. The van der Waals surface area contributed by atoms with Crippen molar-refractivity contribution in [1.82, 2.24) is 15.1 Å². The van der Waals surface area contributed by atoms with E-state index in [2.05, 4.69) is 10.2 Å².